The Morgan fingerprint density at radius 1 is 1.29 bits per heavy atom. The van der Waals surface area contributed by atoms with Gasteiger partial charge in [0.15, 0.2) is 13.8 Å². The number of aromatic nitrogens is 2. The number of thiazole rings is 2. The van der Waals surface area contributed by atoms with Crippen molar-refractivity contribution in [1.29, 1.82) is 0 Å². The molecule has 0 radical (unpaired) electrons. The van der Waals surface area contributed by atoms with Gasteiger partial charge in [-0.2, -0.15) is 4.31 Å². The Hall–Kier alpha value is -0.740. The molecule has 1 aliphatic rings. The largest absolute Gasteiger partial charge is 0.345 e. The Kier molecular flexibility index (Phi) is 4.19. The molecule has 2 aromatic rings. The van der Waals surface area contributed by atoms with Crippen LogP contribution in [0, 0.1) is 6.92 Å². The molecule has 21 heavy (non-hydrogen) atoms. The molecule has 2 aromatic heterocycles. The van der Waals surface area contributed by atoms with E-state index < -0.39 is 10.0 Å². The van der Waals surface area contributed by atoms with Gasteiger partial charge in [0.1, 0.15) is 0 Å². The predicted octanol–water partition coefficient (Wildman–Crippen LogP) is 2.07. The summed E-state index contributed by atoms with van der Waals surface area (Å²) in [4.78, 5) is 10.3. The molecule has 0 amide bonds. The highest BCUT2D eigenvalue weighted by Crippen LogP contribution is 2.30. The fraction of sp³-hybridized carbons (Fsp3) is 0.455. The fourth-order valence-corrected chi connectivity index (χ4v) is 6.19. The summed E-state index contributed by atoms with van der Waals surface area (Å²) in [6, 6.07) is 0. The molecule has 6 nitrogen and oxygen atoms in total. The van der Waals surface area contributed by atoms with Crippen molar-refractivity contribution in [3.05, 3.63) is 21.7 Å². The molecule has 0 saturated carbocycles. The molecule has 114 valence electrons. The van der Waals surface area contributed by atoms with Crippen molar-refractivity contribution in [1.82, 2.24) is 14.3 Å². The second-order valence-corrected chi connectivity index (χ2v) is 9.13. The van der Waals surface area contributed by atoms with E-state index in [1.807, 2.05) is 5.38 Å². The molecule has 1 aliphatic heterocycles. The van der Waals surface area contributed by atoms with E-state index in [-0.39, 0.29) is 8.68 Å². The van der Waals surface area contributed by atoms with Crippen LogP contribution in [0.3, 0.4) is 0 Å². The zero-order valence-electron chi connectivity index (χ0n) is 11.2. The molecule has 1 saturated heterocycles. The third kappa shape index (κ3) is 2.93. The van der Waals surface area contributed by atoms with Crippen LogP contribution < -0.4 is 4.90 Å². The summed E-state index contributed by atoms with van der Waals surface area (Å²) in [5.74, 6) is 0. The quantitative estimate of drug-likeness (QED) is 0.834. The summed E-state index contributed by atoms with van der Waals surface area (Å²) in [6.45, 7) is 3.82. The zero-order chi connectivity index (χ0) is 15.0. The van der Waals surface area contributed by atoms with Gasteiger partial charge in [-0.15, -0.1) is 11.3 Å². The van der Waals surface area contributed by atoms with Crippen LogP contribution in [0.2, 0.25) is 4.47 Å². The summed E-state index contributed by atoms with van der Waals surface area (Å²) in [7, 11) is -3.50. The predicted molar refractivity (Wildman–Crippen MR) is 84.9 cm³/mol. The summed E-state index contributed by atoms with van der Waals surface area (Å²) >= 11 is 8.39. The SMILES string of the molecule is Cc1nc(Cl)sc1S(=O)(=O)N1CCN(c2nccs2)CC1. The topological polar surface area (TPSA) is 66.4 Å². The first-order chi connectivity index (χ1) is 9.98. The van der Waals surface area contributed by atoms with Crippen LogP contribution in [0.5, 0.6) is 0 Å². The van der Waals surface area contributed by atoms with E-state index in [0.29, 0.717) is 31.9 Å². The van der Waals surface area contributed by atoms with Crippen LogP contribution in [-0.2, 0) is 10.0 Å². The molecular weight excluding hydrogens is 352 g/mol. The van der Waals surface area contributed by atoms with E-state index in [9.17, 15) is 8.42 Å². The number of sulfonamides is 1. The lowest BCUT2D eigenvalue weighted by molar-refractivity contribution is 0.385. The number of anilines is 1. The summed E-state index contributed by atoms with van der Waals surface area (Å²) in [5, 5.41) is 2.85. The first kappa shape index (κ1) is 15.2. The second-order valence-electron chi connectivity index (χ2n) is 4.55. The van der Waals surface area contributed by atoms with Crippen molar-refractivity contribution in [3.63, 3.8) is 0 Å². The van der Waals surface area contributed by atoms with E-state index >= 15 is 0 Å². The van der Waals surface area contributed by atoms with Crippen molar-refractivity contribution in [3.8, 4) is 0 Å². The van der Waals surface area contributed by atoms with Crippen LogP contribution in [0.25, 0.3) is 0 Å². The van der Waals surface area contributed by atoms with Crippen LogP contribution >= 0.6 is 34.3 Å². The first-order valence-corrected chi connectivity index (χ1v) is 9.77. The lowest BCUT2D eigenvalue weighted by Crippen LogP contribution is -2.48. The highest BCUT2D eigenvalue weighted by Gasteiger charge is 2.32. The number of hydrogen-bond donors (Lipinski definition) is 0. The Morgan fingerprint density at radius 2 is 2.00 bits per heavy atom. The van der Waals surface area contributed by atoms with Crippen LogP contribution in [-0.4, -0.2) is 48.9 Å². The highest BCUT2D eigenvalue weighted by molar-refractivity contribution is 7.91. The summed E-state index contributed by atoms with van der Waals surface area (Å²) in [6.07, 6.45) is 1.76. The van der Waals surface area contributed by atoms with E-state index in [4.69, 9.17) is 11.6 Å². The maximum Gasteiger partial charge on any atom is 0.254 e. The van der Waals surface area contributed by atoms with Crippen molar-refractivity contribution in [2.24, 2.45) is 0 Å². The van der Waals surface area contributed by atoms with Gasteiger partial charge < -0.3 is 4.90 Å². The minimum absolute atomic E-state index is 0.246. The molecule has 0 aromatic carbocycles. The molecule has 0 bridgehead atoms. The number of halogens is 1. The Balaban J connectivity index is 1.76. The van der Waals surface area contributed by atoms with Gasteiger partial charge in [-0.25, -0.2) is 18.4 Å². The van der Waals surface area contributed by atoms with Crippen molar-refractivity contribution < 1.29 is 8.42 Å². The molecule has 10 heteroatoms. The number of piperazine rings is 1. The van der Waals surface area contributed by atoms with Crippen molar-refractivity contribution in [2.75, 3.05) is 31.1 Å². The number of rotatable bonds is 3. The number of hydrogen-bond acceptors (Lipinski definition) is 7. The molecule has 3 rings (SSSR count). The van der Waals surface area contributed by atoms with Crippen molar-refractivity contribution in [2.45, 2.75) is 11.1 Å². The molecule has 3 heterocycles. The first-order valence-electron chi connectivity index (χ1n) is 6.26. The van der Waals surface area contributed by atoms with Gasteiger partial charge in [-0.3, -0.25) is 0 Å². The van der Waals surface area contributed by atoms with Crippen molar-refractivity contribution >= 4 is 49.4 Å². The highest BCUT2D eigenvalue weighted by atomic mass is 35.5. The average molecular weight is 365 g/mol. The van der Waals surface area contributed by atoms with Gasteiger partial charge in [-0.1, -0.05) is 22.9 Å². The van der Waals surface area contributed by atoms with Crippen LogP contribution in [0.15, 0.2) is 15.8 Å². The standard InChI is InChI=1S/C11H13ClN4O2S3/c1-8-9(20-10(12)14-8)21(17,18)16-5-3-15(4-6-16)11-13-2-7-19-11/h2,7H,3-6H2,1H3. The smallest absolute Gasteiger partial charge is 0.254 e. The van der Waals surface area contributed by atoms with Gasteiger partial charge in [0.25, 0.3) is 10.0 Å². The van der Waals surface area contributed by atoms with Gasteiger partial charge in [-0.05, 0) is 6.92 Å². The Bertz CT molecular complexity index is 721. The monoisotopic (exact) mass is 364 g/mol. The van der Waals surface area contributed by atoms with E-state index in [2.05, 4.69) is 14.9 Å². The van der Waals surface area contributed by atoms with Gasteiger partial charge in [0, 0.05) is 37.8 Å². The van der Waals surface area contributed by atoms with Gasteiger partial charge in [0.2, 0.25) is 0 Å². The molecule has 0 N–H and O–H groups in total. The molecule has 0 unspecified atom stereocenters. The zero-order valence-corrected chi connectivity index (χ0v) is 14.4. The molecule has 0 spiro atoms. The lowest BCUT2D eigenvalue weighted by atomic mass is 10.4. The maximum atomic E-state index is 12.6. The Labute approximate surface area is 136 Å². The minimum Gasteiger partial charge on any atom is -0.345 e. The van der Waals surface area contributed by atoms with Crippen LogP contribution in [0.1, 0.15) is 5.69 Å². The normalized spacial score (nSPS) is 17.3. The Morgan fingerprint density at radius 3 is 2.52 bits per heavy atom. The number of aryl methyl sites for hydroxylation is 1. The average Bonchev–Trinajstić information content (AvgIpc) is 3.09. The lowest BCUT2D eigenvalue weighted by Gasteiger charge is -2.33. The fourth-order valence-electron chi connectivity index (χ4n) is 2.20. The maximum absolute atomic E-state index is 12.6. The molecule has 0 aliphatic carbocycles. The molecular formula is C11H13ClN4O2S3. The molecule has 1 fully saturated rings. The molecule has 0 atom stereocenters. The van der Waals surface area contributed by atoms with E-state index in [0.717, 1.165) is 16.5 Å². The van der Waals surface area contributed by atoms with Gasteiger partial charge in [0.05, 0.1) is 5.69 Å². The third-order valence-electron chi connectivity index (χ3n) is 3.23. The summed E-state index contributed by atoms with van der Waals surface area (Å²) in [5.41, 5.74) is 0.465. The van der Waals surface area contributed by atoms with Crippen LogP contribution in [0.4, 0.5) is 5.13 Å². The van der Waals surface area contributed by atoms with E-state index in [1.54, 1.807) is 24.5 Å². The third-order valence-corrected chi connectivity index (χ3v) is 7.81. The number of nitrogens with zero attached hydrogens (tertiary/aromatic N) is 4. The minimum atomic E-state index is -3.50. The second kappa shape index (κ2) is 5.81. The summed E-state index contributed by atoms with van der Waals surface area (Å²) < 4.78 is 27.2. The van der Waals surface area contributed by atoms with E-state index in [1.165, 1.54) is 4.31 Å². The van der Waals surface area contributed by atoms with Gasteiger partial charge >= 0.3 is 0 Å².